The van der Waals surface area contributed by atoms with Gasteiger partial charge in [0.15, 0.2) is 0 Å². The van der Waals surface area contributed by atoms with E-state index in [1.165, 1.54) is 5.56 Å². The fraction of sp³-hybridized carbons (Fsp3) is 0.316. The maximum Gasteiger partial charge on any atom is 0.221 e. The molecule has 3 nitrogen and oxygen atoms in total. The maximum absolute atomic E-state index is 12.0. The van der Waals surface area contributed by atoms with Crippen LogP contribution >= 0.6 is 23.4 Å². The number of hydrogen-bond donors (Lipinski definition) is 1. The van der Waals surface area contributed by atoms with E-state index in [2.05, 4.69) is 5.32 Å². The summed E-state index contributed by atoms with van der Waals surface area (Å²) in [6.07, 6.45) is 0.474. The fourth-order valence-electron chi connectivity index (χ4n) is 2.04. The third-order valence-corrected chi connectivity index (χ3v) is 4.61. The van der Waals surface area contributed by atoms with E-state index in [0.717, 1.165) is 21.4 Å². The van der Waals surface area contributed by atoms with Gasteiger partial charge in [0.05, 0.1) is 6.04 Å². The van der Waals surface area contributed by atoms with Gasteiger partial charge in [-0.05, 0) is 50.2 Å². The Hall–Kier alpha value is -1.65. The summed E-state index contributed by atoms with van der Waals surface area (Å²) >= 11 is 7.50. The van der Waals surface area contributed by atoms with E-state index in [4.69, 9.17) is 16.3 Å². The van der Waals surface area contributed by atoms with Crippen molar-refractivity contribution in [3.8, 4) is 5.75 Å². The lowest BCUT2D eigenvalue weighted by atomic mass is 10.2. The Labute approximate surface area is 152 Å². The molecule has 5 heteroatoms. The second kappa shape index (κ2) is 9.60. The minimum absolute atomic E-state index is 0.0284. The molecule has 0 unspecified atom stereocenters. The van der Waals surface area contributed by atoms with Gasteiger partial charge >= 0.3 is 0 Å². The van der Waals surface area contributed by atoms with Crippen molar-refractivity contribution in [2.75, 3.05) is 12.4 Å². The van der Waals surface area contributed by atoms with Crippen molar-refractivity contribution in [3.05, 3.63) is 59.1 Å². The zero-order chi connectivity index (χ0) is 17.4. The molecule has 1 atom stereocenters. The highest BCUT2D eigenvalue weighted by Gasteiger charge is 2.08. The van der Waals surface area contributed by atoms with Crippen molar-refractivity contribution in [1.82, 2.24) is 5.32 Å². The molecular weight excluding hydrogens is 342 g/mol. The van der Waals surface area contributed by atoms with Crippen molar-refractivity contribution in [1.29, 1.82) is 0 Å². The maximum atomic E-state index is 12.0. The lowest BCUT2D eigenvalue weighted by Crippen LogP contribution is -2.36. The summed E-state index contributed by atoms with van der Waals surface area (Å²) in [6.45, 7) is 4.44. The minimum atomic E-state index is -0.0284. The number of aryl methyl sites for hydroxylation is 1. The molecular formula is C19H22ClNO2S. The zero-order valence-electron chi connectivity index (χ0n) is 13.9. The van der Waals surface area contributed by atoms with Crippen LogP contribution in [0.3, 0.4) is 0 Å². The highest BCUT2D eigenvalue weighted by molar-refractivity contribution is 7.99. The van der Waals surface area contributed by atoms with Crippen LogP contribution in [0.25, 0.3) is 0 Å². The molecule has 2 aromatic carbocycles. The van der Waals surface area contributed by atoms with Crippen LogP contribution in [0.5, 0.6) is 5.75 Å². The molecule has 0 aliphatic carbocycles. The van der Waals surface area contributed by atoms with Gasteiger partial charge in [0, 0.05) is 22.1 Å². The van der Waals surface area contributed by atoms with E-state index in [1.807, 2.05) is 62.4 Å². The molecule has 0 aliphatic heterocycles. The van der Waals surface area contributed by atoms with Crippen LogP contribution < -0.4 is 10.1 Å². The molecule has 2 aromatic rings. The van der Waals surface area contributed by atoms with Crippen LogP contribution in [-0.2, 0) is 4.79 Å². The first-order valence-corrected chi connectivity index (χ1v) is 9.26. The fourth-order valence-corrected chi connectivity index (χ4v) is 3.01. The van der Waals surface area contributed by atoms with Gasteiger partial charge in [-0.2, -0.15) is 0 Å². The predicted molar refractivity (Wildman–Crippen MR) is 101 cm³/mol. The van der Waals surface area contributed by atoms with Crippen LogP contribution in [0.4, 0.5) is 0 Å². The second-order valence-electron chi connectivity index (χ2n) is 5.65. The topological polar surface area (TPSA) is 38.3 Å². The molecule has 1 N–H and O–H groups in total. The van der Waals surface area contributed by atoms with Gasteiger partial charge in [-0.3, -0.25) is 4.79 Å². The summed E-state index contributed by atoms with van der Waals surface area (Å²) in [5.74, 6) is 1.59. The standard InChI is InChI=1S/C19H22ClNO2S/c1-14-3-7-17(8-4-14)23-13-15(2)21-19(22)11-12-24-18-9-5-16(20)6-10-18/h3-10,15H,11-13H2,1-2H3,(H,21,22)/t15-/m1/s1. The molecule has 24 heavy (non-hydrogen) atoms. The number of amides is 1. The lowest BCUT2D eigenvalue weighted by Gasteiger charge is -2.15. The monoisotopic (exact) mass is 363 g/mol. The minimum Gasteiger partial charge on any atom is -0.491 e. The number of carbonyl (C=O) groups is 1. The van der Waals surface area contributed by atoms with Crippen molar-refractivity contribution < 1.29 is 9.53 Å². The SMILES string of the molecule is Cc1ccc(OC[C@@H](C)NC(=O)CCSc2ccc(Cl)cc2)cc1. The molecule has 0 bridgehead atoms. The molecule has 0 heterocycles. The highest BCUT2D eigenvalue weighted by atomic mass is 35.5. The third kappa shape index (κ3) is 6.85. The van der Waals surface area contributed by atoms with Crippen molar-refractivity contribution in [2.45, 2.75) is 31.2 Å². The number of nitrogens with one attached hydrogen (secondary N) is 1. The molecule has 1 amide bonds. The van der Waals surface area contributed by atoms with Gasteiger partial charge in [-0.25, -0.2) is 0 Å². The Morgan fingerprint density at radius 2 is 1.83 bits per heavy atom. The molecule has 2 rings (SSSR count). The Bertz CT molecular complexity index is 643. The molecule has 0 spiro atoms. The second-order valence-corrected chi connectivity index (χ2v) is 7.25. The van der Waals surface area contributed by atoms with Gasteiger partial charge < -0.3 is 10.1 Å². The van der Waals surface area contributed by atoms with E-state index in [-0.39, 0.29) is 11.9 Å². The quantitative estimate of drug-likeness (QED) is 0.690. The summed E-state index contributed by atoms with van der Waals surface area (Å²) in [4.78, 5) is 13.1. The Morgan fingerprint density at radius 3 is 2.50 bits per heavy atom. The Balaban J connectivity index is 1.64. The van der Waals surface area contributed by atoms with Gasteiger partial charge in [0.25, 0.3) is 0 Å². The van der Waals surface area contributed by atoms with Gasteiger partial charge in [-0.1, -0.05) is 29.3 Å². The van der Waals surface area contributed by atoms with Crippen LogP contribution in [0, 0.1) is 6.92 Å². The first-order valence-electron chi connectivity index (χ1n) is 7.90. The predicted octanol–water partition coefficient (Wildman–Crippen LogP) is 4.71. The van der Waals surface area contributed by atoms with Gasteiger partial charge in [-0.15, -0.1) is 11.8 Å². The van der Waals surface area contributed by atoms with Crippen LogP contribution in [0.2, 0.25) is 5.02 Å². The van der Waals surface area contributed by atoms with Crippen molar-refractivity contribution >= 4 is 29.3 Å². The number of halogens is 1. The molecule has 0 saturated carbocycles. The van der Waals surface area contributed by atoms with Crippen molar-refractivity contribution in [3.63, 3.8) is 0 Å². The zero-order valence-corrected chi connectivity index (χ0v) is 15.5. The summed E-state index contributed by atoms with van der Waals surface area (Å²) in [7, 11) is 0. The molecule has 0 aliphatic rings. The number of ether oxygens (including phenoxy) is 1. The number of thioether (sulfide) groups is 1. The molecule has 0 fully saturated rings. The smallest absolute Gasteiger partial charge is 0.221 e. The first-order chi connectivity index (χ1) is 11.5. The van der Waals surface area contributed by atoms with Crippen LogP contribution in [0.1, 0.15) is 18.9 Å². The number of carbonyl (C=O) groups excluding carboxylic acids is 1. The van der Waals surface area contributed by atoms with Crippen molar-refractivity contribution in [2.24, 2.45) is 0 Å². The lowest BCUT2D eigenvalue weighted by molar-refractivity contribution is -0.121. The largest absolute Gasteiger partial charge is 0.491 e. The van der Waals surface area contributed by atoms with E-state index >= 15 is 0 Å². The Kier molecular flexibility index (Phi) is 7.47. The Morgan fingerprint density at radius 1 is 1.17 bits per heavy atom. The first kappa shape index (κ1) is 18.7. The summed E-state index contributed by atoms with van der Waals surface area (Å²) in [5, 5.41) is 3.68. The van der Waals surface area contributed by atoms with Crippen LogP contribution in [0.15, 0.2) is 53.4 Å². The molecule has 0 aromatic heterocycles. The molecule has 0 saturated heterocycles. The van der Waals surface area contributed by atoms with Gasteiger partial charge in [0.1, 0.15) is 12.4 Å². The molecule has 0 radical (unpaired) electrons. The third-order valence-electron chi connectivity index (χ3n) is 3.34. The van der Waals surface area contributed by atoms with E-state index in [1.54, 1.807) is 11.8 Å². The average molecular weight is 364 g/mol. The highest BCUT2D eigenvalue weighted by Crippen LogP contribution is 2.20. The number of hydrogen-bond acceptors (Lipinski definition) is 3. The summed E-state index contributed by atoms with van der Waals surface area (Å²) < 4.78 is 5.68. The van der Waals surface area contributed by atoms with E-state index in [0.29, 0.717) is 13.0 Å². The van der Waals surface area contributed by atoms with Gasteiger partial charge in [0.2, 0.25) is 5.91 Å². The van der Waals surface area contributed by atoms with Crippen LogP contribution in [-0.4, -0.2) is 24.3 Å². The van der Waals surface area contributed by atoms with E-state index in [9.17, 15) is 4.79 Å². The summed E-state index contributed by atoms with van der Waals surface area (Å²) in [5.41, 5.74) is 1.20. The number of rotatable bonds is 8. The number of benzene rings is 2. The van der Waals surface area contributed by atoms with E-state index < -0.39 is 0 Å². The normalized spacial score (nSPS) is 11.8. The summed E-state index contributed by atoms with van der Waals surface area (Å²) in [6, 6.07) is 15.5. The average Bonchev–Trinajstić information content (AvgIpc) is 2.56. The molecule has 128 valence electrons.